The first-order valence-corrected chi connectivity index (χ1v) is 5.55. The van der Waals surface area contributed by atoms with E-state index < -0.39 is 0 Å². The summed E-state index contributed by atoms with van der Waals surface area (Å²) in [6.45, 7) is 0.525. The average molecular weight is 304 g/mol. The third-order valence-corrected chi connectivity index (χ3v) is 2.36. The molecule has 1 aromatic rings. The Morgan fingerprint density at radius 3 is 2.94 bits per heavy atom. The number of carbonyl (C=O) groups excluding carboxylic acids is 1. The molecule has 0 aromatic heterocycles. The van der Waals surface area contributed by atoms with Gasteiger partial charge in [0, 0.05) is 33.1 Å². The zero-order valence-electron chi connectivity index (χ0n) is 8.15. The molecule has 0 spiro atoms. The summed E-state index contributed by atoms with van der Waals surface area (Å²) in [7, 11) is 0. The summed E-state index contributed by atoms with van der Waals surface area (Å²) in [4.78, 5) is 14.2. The molecule has 7 heteroatoms. The van der Waals surface area contributed by atoms with Gasteiger partial charge in [0.2, 0.25) is 0 Å². The molecule has 0 bridgehead atoms. The molecule has 0 saturated heterocycles. The number of halogens is 2. The van der Waals surface area contributed by atoms with Gasteiger partial charge in [0.1, 0.15) is 0 Å². The molecule has 1 N–H and O–H groups in total. The Bertz CT molecular complexity index is 425. The van der Waals surface area contributed by atoms with Crippen LogP contribution in [-0.2, 0) is 0 Å². The van der Waals surface area contributed by atoms with Gasteiger partial charge in [0.05, 0.1) is 0 Å². The topological polar surface area (TPSA) is 77.9 Å². The van der Waals surface area contributed by atoms with Gasteiger partial charge in [-0.1, -0.05) is 32.6 Å². The normalized spacial score (nSPS) is 9.38. The fourth-order valence-electron chi connectivity index (χ4n) is 1.05. The Hall–Kier alpha value is -1.23. The Balaban J connectivity index is 2.62. The van der Waals surface area contributed by atoms with E-state index in [1.807, 2.05) is 0 Å². The van der Waals surface area contributed by atoms with Gasteiger partial charge in [-0.25, -0.2) is 0 Å². The summed E-state index contributed by atoms with van der Waals surface area (Å²) in [5, 5.41) is 6.39. The van der Waals surface area contributed by atoms with Gasteiger partial charge in [-0.2, -0.15) is 0 Å². The maximum absolute atomic E-state index is 11.6. The largest absolute Gasteiger partial charge is 0.352 e. The average Bonchev–Trinajstić information content (AvgIpc) is 2.22. The van der Waals surface area contributed by atoms with Gasteiger partial charge in [-0.15, -0.1) is 0 Å². The van der Waals surface area contributed by atoms with Crippen molar-refractivity contribution in [2.75, 3.05) is 13.1 Å². The second-order valence-corrected chi connectivity index (χ2v) is 4.22. The highest BCUT2D eigenvalue weighted by Crippen LogP contribution is 2.19. The number of hydrogen-bond donors (Lipinski definition) is 1. The fourth-order valence-corrected chi connectivity index (χ4v) is 1.91. The number of amides is 1. The van der Waals surface area contributed by atoms with Gasteiger partial charge >= 0.3 is 0 Å². The molecule has 0 aliphatic rings. The van der Waals surface area contributed by atoms with Crippen molar-refractivity contribution in [3.63, 3.8) is 0 Å². The molecule has 0 radical (unpaired) electrons. The lowest BCUT2D eigenvalue weighted by Crippen LogP contribution is -2.25. The molecule has 1 rings (SSSR count). The molecule has 0 saturated carbocycles. The van der Waals surface area contributed by atoms with Crippen molar-refractivity contribution in [2.24, 2.45) is 5.11 Å². The standard InChI is InChI=1S/C9H8BrClN4O/c10-7-3-6(4-8(11)5-7)9(16)13-1-2-14-15-12/h3-5H,1-2H2,(H,13,16). The van der Waals surface area contributed by atoms with Gasteiger partial charge in [0.25, 0.3) is 5.91 Å². The first-order valence-electron chi connectivity index (χ1n) is 4.38. The second kappa shape index (κ2) is 6.37. The molecule has 0 heterocycles. The van der Waals surface area contributed by atoms with Crippen molar-refractivity contribution in [1.29, 1.82) is 0 Å². The van der Waals surface area contributed by atoms with E-state index in [1.165, 1.54) is 0 Å². The minimum Gasteiger partial charge on any atom is -0.352 e. The van der Waals surface area contributed by atoms with E-state index in [4.69, 9.17) is 17.1 Å². The van der Waals surface area contributed by atoms with Crippen molar-refractivity contribution < 1.29 is 4.79 Å². The fraction of sp³-hybridized carbons (Fsp3) is 0.222. The molecule has 1 aromatic carbocycles. The zero-order valence-corrected chi connectivity index (χ0v) is 10.5. The lowest BCUT2D eigenvalue weighted by Gasteiger charge is -2.04. The molecule has 0 aliphatic heterocycles. The highest BCUT2D eigenvalue weighted by molar-refractivity contribution is 9.10. The van der Waals surface area contributed by atoms with Crippen LogP contribution >= 0.6 is 27.5 Å². The summed E-state index contributed by atoms with van der Waals surface area (Å²) in [6, 6.07) is 4.92. The van der Waals surface area contributed by atoms with Crippen LogP contribution in [0.4, 0.5) is 0 Å². The Labute approximate surface area is 106 Å². The zero-order chi connectivity index (χ0) is 12.0. The Morgan fingerprint density at radius 1 is 1.56 bits per heavy atom. The van der Waals surface area contributed by atoms with E-state index in [-0.39, 0.29) is 12.5 Å². The lowest BCUT2D eigenvalue weighted by atomic mass is 10.2. The van der Waals surface area contributed by atoms with E-state index in [1.54, 1.807) is 18.2 Å². The van der Waals surface area contributed by atoms with Crippen LogP contribution in [0.3, 0.4) is 0 Å². The van der Waals surface area contributed by atoms with Crippen LogP contribution < -0.4 is 5.32 Å². The number of hydrogen-bond acceptors (Lipinski definition) is 2. The van der Waals surface area contributed by atoms with Crippen molar-refractivity contribution >= 4 is 33.4 Å². The molecule has 1 amide bonds. The summed E-state index contributed by atoms with van der Waals surface area (Å²) in [5.41, 5.74) is 8.50. The molecular formula is C9H8BrClN4O. The Morgan fingerprint density at radius 2 is 2.31 bits per heavy atom. The van der Waals surface area contributed by atoms with E-state index in [2.05, 4.69) is 31.3 Å². The number of azide groups is 1. The van der Waals surface area contributed by atoms with Crippen LogP contribution in [0.2, 0.25) is 5.02 Å². The third-order valence-electron chi connectivity index (χ3n) is 1.69. The molecule has 0 fully saturated rings. The van der Waals surface area contributed by atoms with Crippen molar-refractivity contribution in [3.05, 3.63) is 43.7 Å². The predicted octanol–water partition coefficient (Wildman–Crippen LogP) is 3.14. The van der Waals surface area contributed by atoms with Crippen molar-refractivity contribution in [3.8, 4) is 0 Å². The van der Waals surface area contributed by atoms with Crippen LogP contribution in [0.15, 0.2) is 27.8 Å². The van der Waals surface area contributed by atoms with Crippen LogP contribution in [0, 0.1) is 0 Å². The molecule has 0 atom stereocenters. The number of benzene rings is 1. The number of nitrogens with zero attached hydrogens (tertiary/aromatic N) is 3. The minimum atomic E-state index is -0.253. The van der Waals surface area contributed by atoms with Crippen LogP contribution in [0.1, 0.15) is 10.4 Å². The van der Waals surface area contributed by atoms with E-state index in [9.17, 15) is 4.79 Å². The number of rotatable bonds is 4. The van der Waals surface area contributed by atoms with Gasteiger partial charge in [-0.3, -0.25) is 4.79 Å². The smallest absolute Gasteiger partial charge is 0.251 e. The SMILES string of the molecule is [N-]=[N+]=NCCNC(=O)c1cc(Cl)cc(Br)c1. The minimum absolute atomic E-state index is 0.226. The van der Waals surface area contributed by atoms with Crippen LogP contribution in [-0.4, -0.2) is 19.0 Å². The van der Waals surface area contributed by atoms with Crippen LogP contribution in [0.5, 0.6) is 0 Å². The lowest BCUT2D eigenvalue weighted by molar-refractivity contribution is 0.0954. The van der Waals surface area contributed by atoms with Gasteiger partial charge in [0.15, 0.2) is 0 Å². The van der Waals surface area contributed by atoms with Gasteiger partial charge < -0.3 is 5.32 Å². The molecular weight excluding hydrogens is 295 g/mol. The number of carbonyl (C=O) groups is 1. The molecule has 5 nitrogen and oxygen atoms in total. The van der Waals surface area contributed by atoms with Crippen LogP contribution in [0.25, 0.3) is 10.4 Å². The first kappa shape index (κ1) is 12.8. The molecule has 16 heavy (non-hydrogen) atoms. The van der Waals surface area contributed by atoms with Crippen molar-refractivity contribution in [1.82, 2.24) is 5.32 Å². The highest BCUT2D eigenvalue weighted by Gasteiger charge is 2.06. The van der Waals surface area contributed by atoms with E-state index in [0.29, 0.717) is 17.1 Å². The van der Waals surface area contributed by atoms with Gasteiger partial charge in [-0.05, 0) is 23.7 Å². The molecule has 0 unspecified atom stereocenters. The van der Waals surface area contributed by atoms with E-state index in [0.717, 1.165) is 4.47 Å². The maximum atomic E-state index is 11.6. The predicted molar refractivity (Wildman–Crippen MR) is 65.5 cm³/mol. The Kier molecular flexibility index (Phi) is 5.11. The summed E-state index contributed by atoms with van der Waals surface area (Å²) < 4.78 is 0.736. The quantitative estimate of drug-likeness (QED) is 0.394. The highest BCUT2D eigenvalue weighted by atomic mass is 79.9. The molecule has 84 valence electrons. The second-order valence-electron chi connectivity index (χ2n) is 2.87. The van der Waals surface area contributed by atoms with Crippen molar-refractivity contribution in [2.45, 2.75) is 0 Å². The maximum Gasteiger partial charge on any atom is 0.251 e. The summed E-state index contributed by atoms with van der Waals surface area (Å²) in [6.07, 6.45) is 0. The van der Waals surface area contributed by atoms with E-state index >= 15 is 0 Å². The summed E-state index contributed by atoms with van der Waals surface area (Å²) in [5.74, 6) is -0.253. The first-order chi connectivity index (χ1) is 7.63. The summed E-state index contributed by atoms with van der Waals surface area (Å²) >= 11 is 9.04. The third kappa shape index (κ3) is 4.10. The number of nitrogens with one attached hydrogen (secondary N) is 1. The monoisotopic (exact) mass is 302 g/mol. The molecule has 0 aliphatic carbocycles.